The maximum Gasteiger partial charge on any atom is 0.270 e. The molecule has 2 aromatic rings. The highest BCUT2D eigenvalue weighted by molar-refractivity contribution is 5.92. The van der Waals surface area contributed by atoms with Crippen molar-refractivity contribution in [3.63, 3.8) is 0 Å². The highest BCUT2D eigenvalue weighted by atomic mass is 16.5. The van der Waals surface area contributed by atoms with E-state index in [-0.39, 0.29) is 5.91 Å². The van der Waals surface area contributed by atoms with Crippen LogP contribution in [-0.2, 0) is 6.54 Å². The molecule has 25 heavy (non-hydrogen) atoms. The summed E-state index contributed by atoms with van der Waals surface area (Å²) in [7, 11) is 1.63. The molecule has 3 rings (SSSR count). The second-order valence-electron chi connectivity index (χ2n) is 6.30. The maximum absolute atomic E-state index is 12.3. The monoisotopic (exact) mass is 339 g/mol. The number of pyridine rings is 1. The van der Waals surface area contributed by atoms with Crippen LogP contribution in [0.25, 0.3) is 0 Å². The molecule has 2 heterocycles. The van der Waals surface area contributed by atoms with Crippen molar-refractivity contribution in [1.29, 1.82) is 0 Å². The number of hydrogen-bond acceptors (Lipinski definition) is 4. The average Bonchev–Trinajstić information content (AvgIpc) is 2.96. The number of amides is 1. The van der Waals surface area contributed by atoms with E-state index >= 15 is 0 Å². The molecule has 1 aromatic heterocycles. The van der Waals surface area contributed by atoms with Crippen LogP contribution in [-0.4, -0.2) is 31.1 Å². The Morgan fingerprint density at radius 2 is 1.88 bits per heavy atom. The molecule has 0 saturated carbocycles. The van der Waals surface area contributed by atoms with Crippen LogP contribution in [0.4, 0.5) is 5.69 Å². The number of ether oxygens (including phenoxy) is 1. The van der Waals surface area contributed by atoms with Gasteiger partial charge >= 0.3 is 0 Å². The summed E-state index contributed by atoms with van der Waals surface area (Å²) in [6.45, 7) is 2.56. The zero-order valence-electron chi connectivity index (χ0n) is 14.7. The number of benzene rings is 1. The molecule has 0 spiro atoms. The van der Waals surface area contributed by atoms with E-state index in [9.17, 15) is 4.79 Å². The molecule has 0 aliphatic carbocycles. The fraction of sp³-hybridized carbons (Fsp3) is 0.400. The van der Waals surface area contributed by atoms with Crippen molar-refractivity contribution in [2.45, 2.75) is 32.2 Å². The van der Waals surface area contributed by atoms with Crippen molar-refractivity contribution in [3.8, 4) is 5.75 Å². The molecule has 1 aromatic carbocycles. The summed E-state index contributed by atoms with van der Waals surface area (Å²) in [5, 5.41) is 2.90. The molecule has 1 aliphatic rings. The Hall–Kier alpha value is -2.56. The first kappa shape index (κ1) is 17.3. The van der Waals surface area contributed by atoms with Gasteiger partial charge in [0, 0.05) is 25.2 Å². The van der Waals surface area contributed by atoms with Crippen LogP contribution in [0.2, 0.25) is 0 Å². The van der Waals surface area contributed by atoms with E-state index in [1.54, 1.807) is 13.2 Å². The van der Waals surface area contributed by atoms with E-state index in [0.717, 1.165) is 30.1 Å². The van der Waals surface area contributed by atoms with Gasteiger partial charge in [0.2, 0.25) is 0 Å². The molecule has 0 bridgehead atoms. The van der Waals surface area contributed by atoms with Gasteiger partial charge in [0.05, 0.1) is 19.0 Å². The number of aromatic nitrogens is 1. The number of carbonyl (C=O) groups is 1. The second-order valence-corrected chi connectivity index (χ2v) is 6.30. The van der Waals surface area contributed by atoms with Crippen LogP contribution in [0, 0.1) is 0 Å². The first-order chi connectivity index (χ1) is 12.3. The molecule has 0 radical (unpaired) electrons. The van der Waals surface area contributed by atoms with Crippen LogP contribution < -0.4 is 15.0 Å². The molecule has 1 amide bonds. The van der Waals surface area contributed by atoms with Crippen LogP contribution in [0.3, 0.4) is 0 Å². The molecular formula is C20H25N3O2. The minimum absolute atomic E-state index is 0.173. The van der Waals surface area contributed by atoms with E-state index < -0.39 is 0 Å². The summed E-state index contributed by atoms with van der Waals surface area (Å²) < 4.78 is 5.30. The smallest absolute Gasteiger partial charge is 0.270 e. The highest BCUT2D eigenvalue weighted by Gasteiger charge is 2.12. The van der Waals surface area contributed by atoms with Crippen LogP contribution in [0.5, 0.6) is 5.75 Å². The van der Waals surface area contributed by atoms with Crippen molar-refractivity contribution in [1.82, 2.24) is 10.3 Å². The summed E-state index contributed by atoms with van der Waals surface area (Å²) >= 11 is 0. The number of nitrogens with zero attached hydrogens (tertiary/aromatic N) is 2. The van der Waals surface area contributed by atoms with Crippen molar-refractivity contribution in [2.75, 3.05) is 25.1 Å². The molecular weight excluding hydrogens is 314 g/mol. The van der Waals surface area contributed by atoms with Gasteiger partial charge in [-0.05, 0) is 31.0 Å². The second kappa shape index (κ2) is 8.51. The van der Waals surface area contributed by atoms with Gasteiger partial charge in [-0.2, -0.15) is 0 Å². The minimum atomic E-state index is -0.173. The number of nitrogens with one attached hydrogen (secondary N) is 1. The van der Waals surface area contributed by atoms with Crippen LogP contribution in [0.1, 0.15) is 41.7 Å². The third-order valence-corrected chi connectivity index (χ3v) is 4.58. The predicted octanol–water partition coefficient (Wildman–Crippen LogP) is 3.40. The van der Waals surface area contributed by atoms with E-state index in [1.165, 1.54) is 25.7 Å². The lowest BCUT2D eigenvalue weighted by Gasteiger charge is -2.22. The molecule has 1 aliphatic heterocycles. The Morgan fingerprint density at radius 3 is 2.56 bits per heavy atom. The SMILES string of the molecule is COc1ccccc1CNC(=O)c1ccc(N2CCCCCC2)cn1. The fourth-order valence-corrected chi connectivity index (χ4v) is 3.15. The van der Waals surface area contributed by atoms with E-state index in [0.29, 0.717) is 12.2 Å². The Balaban J connectivity index is 1.60. The predicted molar refractivity (Wildman–Crippen MR) is 99.1 cm³/mol. The molecule has 1 saturated heterocycles. The molecule has 132 valence electrons. The van der Waals surface area contributed by atoms with Crippen molar-refractivity contribution in [2.24, 2.45) is 0 Å². The first-order valence-electron chi connectivity index (χ1n) is 8.89. The van der Waals surface area contributed by atoms with Gasteiger partial charge in [-0.1, -0.05) is 31.0 Å². The van der Waals surface area contributed by atoms with E-state index in [1.807, 2.05) is 36.5 Å². The normalized spacial score (nSPS) is 14.7. The minimum Gasteiger partial charge on any atom is -0.496 e. The number of carbonyl (C=O) groups excluding carboxylic acids is 1. The zero-order valence-corrected chi connectivity index (χ0v) is 14.7. The topological polar surface area (TPSA) is 54.5 Å². The average molecular weight is 339 g/mol. The number of rotatable bonds is 5. The zero-order chi connectivity index (χ0) is 17.5. The molecule has 0 atom stereocenters. The Bertz CT molecular complexity index is 692. The van der Waals surface area contributed by atoms with Gasteiger partial charge in [-0.15, -0.1) is 0 Å². The van der Waals surface area contributed by atoms with E-state index in [4.69, 9.17) is 4.74 Å². The van der Waals surface area contributed by atoms with Crippen molar-refractivity contribution in [3.05, 3.63) is 53.9 Å². The molecule has 5 nitrogen and oxygen atoms in total. The summed E-state index contributed by atoms with van der Waals surface area (Å²) in [5.41, 5.74) is 2.48. The lowest BCUT2D eigenvalue weighted by Crippen LogP contribution is -2.26. The summed E-state index contributed by atoms with van der Waals surface area (Å²) in [6.07, 6.45) is 6.85. The van der Waals surface area contributed by atoms with Crippen molar-refractivity contribution < 1.29 is 9.53 Å². The van der Waals surface area contributed by atoms with Gasteiger partial charge < -0.3 is 15.0 Å². The number of para-hydroxylation sites is 1. The van der Waals surface area contributed by atoms with Gasteiger partial charge in [0.15, 0.2) is 0 Å². The number of hydrogen-bond donors (Lipinski definition) is 1. The number of methoxy groups -OCH3 is 1. The largest absolute Gasteiger partial charge is 0.496 e. The molecule has 0 unspecified atom stereocenters. The lowest BCUT2D eigenvalue weighted by molar-refractivity contribution is 0.0945. The Morgan fingerprint density at radius 1 is 1.12 bits per heavy atom. The molecule has 1 fully saturated rings. The molecule has 5 heteroatoms. The Labute approximate surface area is 149 Å². The fourth-order valence-electron chi connectivity index (χ4n) is 3.15. The number of anilines is 1. The molecule has 1 N–H and O–H groups in total. The standard InChI is InChI=1S/C20H25N3O2/c1-25-19-9-5-4-8-16(19)14-22-20(24)18-11-10-17(15-21-18)23-12-6-2-3-7-13-23/h4-5,8-11,15H,2-3,6-7,12-14H2,1H3,(H,22,24). The van der Waals surface area contributed by atoms with Crippen molar-refractivity contribution >= 4 is 11.6 Å². The van der Waals surface area contributed by atoms with Gasteiger partial charge in [-0.25, -0.2) is 4.98 Å². The van der Waals surface area contributed by atoms with Crippen LogP contribution in [0.15, 0.2) is 42.6 Å². The Kier molecular flexibility index (Phi) is 5.88. The maximum atomic E-state index is 12.3. The van der Waals surface area contributed by atoms with Gasteiger partial charge in [0.1, 0.15) is 11.4 Å². The van der Waals surface area contributed by atoms with Gasteiger partial charge in [-0.3, -0.25) is 4.79 Å². The lowest BCUT2D eigenvalue weighted by atomic mass is 10.2. The van der Waals surface area contributed by atoms with Gasteiger partial charge in [0.25, 0.3) is 5.91 Å². The van der Waals surface area contributed by atoms with Crippen LogP contribution >= 0.6 is 0 Å². The third-order valence-electron chi connectivity index (χ3n) is 4.58. The first-order valence-corrected chi connectivity index (χ1v) is 8.89. The summed E-state index contributed by atoms with van der Waals surface area (Å²) in [4.78, 5) is 19.0. The van der Waals surface area contributed by atoms with E-state index in [2.05, 4.69) is 15.2 Å². The quantitative estimate of drug-likeness (QED) is 0.907. The summed E-state index contributed by atoms with van der Waals surface area (Å²) in [5.74, 6) is 0.598. The third kappa shape index (κ3) is 4.50. The summed E-state index contributed by atoms with van der Waals surface area (Å²) in [6, 6.07) is 11.5. The highest BCUT2D eigenvalue weighted by Crippen LogP contribution is 2.19.